The Labute approximate surface area is 177 Å². The molecule has 3 aliphatic rings. The van der Waals surface area contributed by atoms with Crippen LogP contribution in [0.1, 0.15) is 51.7 Å². The van der Waals surface area contributed by atoms with Gasteiger partial charge >= 0.3 is 0 Å². The van der Waals surface area contributed by atoms with Crippen molar-refractivity contribution in [2.75, 3.05) is 16.8 Å². The first kappa shape index (κ1) is 20.2. The molecule has 3 aliphatic heterocycles. The number of para-hydroxylation sites is 1. The molecule has 0 N–H and O–H groups in total. The number of carbonyl (C=O) groups is 2. The third-order valence-corrected chi connectivity index (χ3v) is 6.39. The predicted molar refractivity (Wildman–Crippen MR) is 120 cm³/mol. The molecule has 2 amide bonds. The zero-order valence-corrected chi connectivity index (χ0v) is 18.2. The number of fused-ring (bicyclic) bond motifs is 2. The SMILES string of the molecule is CC.CN1c2ccc(N3C(=O)CCC3=O)cc2C(C)(C)C12C=Cc1ccccc1O2. The van der Waals surface area contributed by atoms with Crippen LogP contribution < -0.4 is 14.5 Å². The summed E-state index contributed by atoms with van der Waals surface area (Å²) >= 11 is 0. The first-order chi connectivity index (χ1) is 14.3. The molecule has 0 aliphatic carbocycles. The highest BCUT2D eigenvalue weighted by Crippen LogP contribution is 2.55. The number of hydrogen-bond acceptors (Lipinski definition) is 4. The molecule has 0 saturated carbocycles. The fourth-order valence-corrected chi connectivity index (χ4v) is 4.74. The normalized spacial score (nSPS) is 23.1. The van der Waals surface area contributed by atoms with E-state index in [9.17, 15) is 9.59 Å². The van der Waals surface area contributed by atoms with E-state index >= 15 is 0 Å². The Hall–Kier alpha value is -3.08. The summed E-state index contributed by atoms with van der Waals surface area (Å²) in [6.07, 6.45) is 4.79. The summed E-state index contributed by atoms with van der Waals surface area (Å²) in [6.45, 7) is 8.29. The Bertz CT molecular complexity index is 1040. The van der Waals surface area contributed by atoms with Gasteiger partial charge in [-0.05, 0) is 55.8 Å². The van der Waals surface area contributed by atoms with Gasteiger partial charge in [0.25, 0.3) is 0 Å². The van der Waals surface area contributed by atoms with E-state index in [1.807, 2.05) is 63.4 Å². The summed E-state index contributed by atoms with van der Waals surface area (Å²) < 4.78 is 6.59. The Balaban J connectivity index is 0.00000106. The molecular formula is C25H28N2O3. The number of rotatable bonds is 1. The molecule has 2 aromatic rings. The van der Waals surface area contributed by atoms with Crippen molar-refractivity contribution in [3.05, 3.63) is 59.7 Å². The first-order valence-corrected chi connectivity index (χ1v) is 10.6. The van der Waals surface area contributed by atoms with Crippen LogP contribution in [0, 0.1) is 0 Å². The summed E-state index contributed by atoms with van der Waals surface area (Å²) in [7, 11) is 2.03. The molecule has 5 heteroatoms. The van der Waals surface area contributed by atoms with Gasteiger partial charge in [-0.15, -0.1) is 0 Å². The Morgan fingerprint density at radius 3 is 2.33 bits per heavy atom. The second-order valence-corrected chi connectivity index (χ2v) is 8.18. The van der Waals surface area contributed by atoms with Crippen molar-refractivity contribution in [3.63, 3.8) is 0 Å². The Morgan fingerprint density at radius 1 is 0.967 bits per heavy atom. The maximum atomic E-state index is 12.2. The molecule has 1 unspecified atom stereocenters. The van der Waals surface area contributed by atoms with Gasteiger partial charge in [0.2, 0.25) is 17.5 Å². The van der Waals surface area contributed by atoms with Crippen molar-refractivity contribution in [1.82, 2.24) is 0 Å². The van der Waals surface area contributed by atoms with Crippen molar-refractivity contribution in [2.24, 2.45) is 0 Å². The minimum absolute atomic E-state index is 0.133. The maximum absolute atomic E-state index is 12.2. The summed E-state index contributed by atoms with van der Waals surface area (Å²) in [6, 6.07) is 13.8. The van der Waals surface area contributed by atoms with Gasteiger partial charge in [-0.2, -0.15) is 0 Å². The van der Waals surface area contributed by atoms with E-state index in [2.05, 4.69) is 30.9 Å². The molecule has 156 valence electrons. The lowest BCUT2D eigenvalue weighted by molar-refractivity contribution is -0.121. The lowest BCUT2D eigenvalue weighted by Gasteiger charge is -2.45. The monoisotopic (exact) mass is 404 g/mol. The lowest BCUT2D eigenvalue weighted by atomic mass is 9.76. The number of nitrogens with zero attached hydrogens (tertiary/aromatic N) is 2. The van der Waals surface area contributed by atoms with Crippen LogP contribution in [0.15, 0.2) is 48.5 Å². The molecule has 2 aromatic carbocycles. The van der Waals surface area contributed by atoms with E-state index < -0.39 is 11.1 Å². The van der Waals surface area contributed by atoms with Gasteiger partial charge in [-0.3, -0.25) is 14.5 Å². The first-order valence-electron chi connectivity index (χ1n) is 10.6. The van der Waals surface area contributed by atoms with Crippen molar-refractivity contribution in [2.45, 2.75) is 51.7 Å². The van der Waals surface area contributed by atoms with E-state index in [0.29, 0.717) is 5.69 Å². The largest absolute Gasteiger partial charge is 0.463 e. The minimum Gasteiger partial charge on any atom is -0.463 e. The second-order valence-electron chi connectivity index (χ2n) is 8.18. The highest BCUT2D eigenvalue weighted by Gasteiger charge is 2.57. The van der Waals surface area contributed by atoms with E-state index in [1.165, 1.54) is 4.90 Å². The van der Waals surface area contributed by atoms with Gasteiger partial charge in [0.1, 0.15) is 5.75 Å². The second kappa shape index (κ2) is 7.01. The van der Waals surface area contributed by atoms with Crippen molar-refractivity contribution in [3.8, 4) is 5.75 Å². The van der Waals surface area contributed by atoms with Crippen molar-refractivity contribution in [1.29, 1.82) is 0 Å². The highest BCUT2D eigenvalue weighted by atomic mass is 16.5. The van der Waals surface area contributed by atoms with E-state index in [0.717, 1.165) is 22.6 Å². The van der Waals surface area contributed by atoms with Crippen LogP contribution in [0.25, 0.3) is 6.08 Å². The van der Waals surface area contributed by atoms with E-state index in [4.69, 9.17) is 4.74 Å². The molecule has 1 saturated heterocycles. The third kappa shape index (κ3) is 2.61. The fraction of sp³-hybridized carbons (Fsp3) is 0.360. The smallest absolute Gasteiger partial charge is 0.234 e. The number of imide groups is 1. The molecule has 0 bridgehead atoms. The number of likely N-dealkylation sites (N-methyl/N-ethyl adjacent to an activating group) is 1. The van der Waals surface area contributed by atoms with Crippen LogP contribution >= 0.6 is 0 Å². The van der Waals surface area contributed by atoms with E-state index in [-0.39, 0.29) is 24.7 Å². The number of ether oxygens (including phenoxy) is 1. The third-order valence-electron chi connectivity index (χ3n) is 6.39. The van der Waals surface area contributed by atoms with E-state index in [1.54, 1.807) is 0 Å². The van der Waals surface area contributed by atoms with Gasteiger partial charge in [0.05, 0.1) is 11.1 Å². The molecule has 1 spiro atoms. The zero-order valence-electron chi connectivity index (χ0n) is 18.2. The Kier molecular flexibility index (Phi) is 4.72. The molecule has 1 atom stereocenters. The zero-order chi connectivity index (χ0) is 21.7. The molecular weight excluding hydrogens is 376 g/mol. The average molecular weight is 405 g/mol. The van der Waals surface area contributed by atoms with Crippen LogP contribution in [0.5, 0.6) is 5.75 Å². The van der Waals surface area contributed by atoms with Crippen molar-refractivity contribution >= 4 is 29.3 Å². The van der Waals surface area contributed by atoms with Crippen LogP contribution in [-0.2, 0) is 15.0 Å². The van der Waals surface area contributed by atoms with Crippen LogP contribution in [-0.4, -0.2) is 24.6 Å². The molecule has 3 heterocycles. The number of hydrogen-bond donors (Lipinski definition) is 0. The van der Waals surface area contributed by atoms with Crippen molar-refractivity contribution < 1.29 is 14.3 Å². The lowest BCUT2D eigenvalue weighted by Crippen LogP contribution is -2.58. The van der Waals surface area contributed by atoms with Crippen LogP contribution in [0.4, 0.5) is 11.4 Å². The highest BCUT2D eigenvalue weighted by molar-refractivity contribution is 6.20. The Morgan fingerprint density at radius 2 is 1.63 bits per heavy atom. The number of benzene rings is 2. The molecule has 5 rings (SSSR count). The van der Waals surface area contributed by atoms with Gasteiger partial charge in [0, 0.05) is 31.1 Å². The number of amides is 2. The van der Waals surface area contributed by atoms with Gasteiger partial charge < -0.3 is 9.64 Å². The quantitative estimate of drug-likeness (QED) is 0.635. The fourth-order valence-electron chi connectivity index (χ4n) is 4.74. The topological polar surface area (TPSA) is 49.9 Å². The predicted octanol–water partition coefficient (Wildman–Crippen LogP) is 4.90. The summed E-state index contributed by atoms with van der Waals surface area (Å²) in [5.74, 6) is 0.584. The van der Waals surface area contributed by atoms with Crippen LogP contribution in [0.2, 0.25) is 0 Å². The van der Waals surface area contributed by atoms with Gasteiger partial charge in [-0.25, -0.2) is 0 Å². The average Bonchev–Trinajstić information content (AvgIpc) is 3.17. The summed E-state index contributed by atoms with van der Waals surface area (Å²) in [5.41, 5.74) is 2.72. The summed E-state index contributed by atoms with van der Waals surface area (Å²) in [4.78, 5) is 27.9. The number of carbonyl (C=O) groups excluding carboxylic acids is 2. The van der Waals surface area contributed by atoms with Crippen LogP contribution in [0.3, 0.4) is 0 Å². The molecule has 0 radical (unpaired) electrons. The number of anilines is 2. The minimum atomic E-state index is -0.679. The maximum Gasteiger partial charge on any atom is 0.234 e. The standard InChI is InChI=1S/C23H22N2O3.C2H6/c1-22(2)17-14-16(25-20(26)10-11-21(25)27)8-9-18(17)24(3)23(22)13-12-15-6-4-5-7-19(15)28-23;1-2/h4-9,12-14H,10-11H2,1-3H3;1-2H3. The molecule has 1 fully saturated rings. The van der Waals surface area contributed by atoms with Gasteiger partial charge in [0.15, 0.2) is 0 Å². The van der Waals surface area contributed by atoms with Gasteiger partial charge in [-0.1, -0.05) is 32.0 Å². The molecule has 30 heavy (non-hydrogen) atoms. The summed E-state index contributed by atoms with van der Waals surface area (Å²) in [5, 5.41) is 0. The molecule has 0 aromatic heterocycles. The molecule has 5 nitrogen and oxygen atoms in total.